The molecule has 2 aromatic carbocycles. The lowest BCUT2D eigenvalue weighted by atomic mass is 10.1. The van der Waals surface area contributed by atoms with Gasteiger partial charge in [0.25, 0.3) is 0 Å². The molecule has 0 atom stereocenters. The topological polar surface area (TPSA) is 70.3 Å². The highest BCUT2D eigenvalue weighted by molar-refractivity contribution is 9.10. The van der Waals surface area contributed by atoms with Gasteiger partial charge in [-0.3, -0.25) is 0 Å². The first-order chi connectivity index (χ1) is 9.52. The lowest BCUT2D eigenvalue weighted by Crippen LogP contribution is -2.00. The summed E-state index contributed by atoms with van der Waals surface area (Å²) in [5, 5.41) is 17.9. The van der Waals surface area contributed by atoms with Crippen LogP contribution in [0.1, 0.15) is 21.5 Å². The summed E-state index contributed by atoms with van der Waals surface area (Å²) in [6.07, 6.45) is 0. The predicted molar refractivity (Wildman–Crippen MR) is 77.1 cm³/mol. The maximum Gasteiger partial charge on any atom is 0.336 e. The Balaban J connectivity index is 2.36. The Bertz CT molecular complexity index is 720. The van der Waals surface area contributed by atoms with Gasteiger partial charge in [0.15, 0.2) is 0 Å². The molecule has 100 valence electrons. The van der Waals surface area contributed by atoms with E-state index in [-0.39, 0.29) is 5.56 Å². The van der Waals surface area contributed by atoms with E-state index in [1.807, 2.05) is 6.07 Å². The van der Waals surface area contributed by atoms with E-state index in [4.69, 9.17) is 15.1 Å². The largest absolute Gasteiger partial charge is 0.478 e. The third-order valence-corrected chi connectivity index (χ3v) is 3.46. The first-order valence-electron chi connectivity index (χ1n) is 5.73. The van der Waals surface area contributed by atoms with E-state index in [1.54, 1.807) is 37.3 Å². The second kappa shape index (κ2) is 5.76. The molecule has 0 spiro atoms. The van der Waals surface area contributed by atoms with E-state index in [1.165, 1.54) is 6.07 Å². The number of hydrogen-bond acceptors (Lipinski definition) is 3. The van der Waals surface area contributed by atoms with Crippen LogP contribution in [0.2, 0.25) is 0 Å². The van der Waals surface area contributed by atoms with Gasteiger partial charge in [-0.05, 0) is 53.2 Å². The molecule has 20 heavy (non-hydrogen) atoms. The molecule has 0 aliphatic rings. The Morgan fingerprint density at radius 1 is 1.35 bits per heavy atom. The van der Waals surface area contributed by atoms with Crippen molar-refractivity contribution >= 4 is 21.9 Å². The van der Waals surface area contributed by atoms with Crippen LogP contribution >= 0.6 is 15.9 Å². The SMILES string of the molecule is Cc1c(Oc2ccc(C#N)c(Br)c2)cccc1C(=O)O. The first-order valence-corrected chi connectivity index (χ1v) is 6.52. The average molecular weight is 332 g/mol. The van der Waals surface area contributed by atoms with Crippen molar-refractivity contribution in [1.82, 2.24) is 0 Å². The number of nitrogens with zero attached hydrogens (tertiary/aromatic N) is 1. The number of ether oxygens (including phenoxy) is 1. The first kappa shape index (κ1) is 14.1. The second-order valence-corrected chi connectivity index (χ2v) is 4.94. The molecular formula is C15H10BrNO3. The molecule has 0 heterocycles. The standard InChI is InChI=1S/C15H10BrNO3/c1-9-12(15(18)19)3-2-4-14(9)20-11-6-5-10(8-17)13(16)7-11/h2-7H,1H3,(H,18,19). The van der Waals surface area contributed by atoms with Crippen LogP contribution in [0.15, 0.2) is 40.9 Å². The van der Waals surface area contributed by atoms with Crippen molar-refractivity contribution in [2.75, 3.05) is 0 Å². The molecule has 0 fully saturated rings. The fourth-order valence-corrected chi connectivity index (χ4v) is 2.18. The maximum absolute atomic E-state index is 11.1. The minimum absolute atomic E-state index is 0.204. The van der Waals surface area contributed by atoms with Crippen molar-refractivity contribution in [2.24, 2.45) is 0 Å². The van der Waals surface area contributed by atoms with Gasteiger partial charge in [-0.1, -0.05) is 6.07 Å². The number of nitriles is 1. The van der Waals surface area contributed by atoms with Crippen LogP contribution in [0.5, 0.6) is 11.5 Å². The molecule has 0 saturated carbocycles. The minimum atomic E-state index is -0.992. The number of carbonyl (C=O) groups is 1. The molecular weight excluding hydrogens is 322 g/mol. The summed E-state index contributed by atoms with van der Waals surface area (Å²) < 4.78 is 6.31. The molecule has 0 radical (unpaired) electrons. The molecule has 2 aromatic rings. The molecule has 4 nitrogen and oxygen atoms in total. The smallest absolute Gasteiger partial charge is 0.336 e. The fraction of sp³-hybridized carbons (Fsp3) is 0.0667. The van der Waals surface area contributed by atoms with Crippen molar-refractivity contribution in [1.29, 1.82) is 5.26 Å². The molecule has 0 unspecified atom stereocenters. The van der Waals surface area contributed by atoms with E-state index < -0.39 is 5.97 Å². The zero-order valence-corrected chi connectivity index (χ0v) is 12.1. The van der Waals surface area contributed by atoms with Gasteiger partial charge in [-0.15, -0.1) is 0 Å². The quantitative estimate of drug-likeness (QED) is 0.918. The zero-order valence-electron chi connectivity index (χ0n) is 10.6. The molecule has 2 rings (SSSR count). The highest BCUT2D eigenvalue weighted by Gasteiger charge is 2.12. The van der Waals surface area contributed by atoms with Gasteiger partial charge in [-0.25, -0.2) is 4.79 Å². The molecule has 1 N–H and O–H groups in total. The summed E-state index contributed by atoms with van der Waals surface area (Å²) in [5.41, 5.74) is 1.27. The maximum atomic E-state index is 11.1. The van der Waals surface area contributed by atoms with Crippen molar-refractivity contribution in [2.45, 2.75) is 6.92 Å². The summed E-state index contributed by atoms with van der Waals surface area (Å²) in [7, 11) is 0. The molecule has 0 saturated heterocycles. The highest BCUT2D eigenvalue weighted by Crippen LogP contribution is 2.30. The number of rotatable bonds is 3. The van der Waals surface area contributed by atoms with E-state index in [9.17, 15) is 4.79 Å². The number of benzene rings is 2. The third-order valence-electron chi connectivity index (χ3n) is 2.80. The van der Waals surface area contributed by atoms with Gasteiger partial charge < -0.3 is 9.84 Å². The van der Waals surface area contributed by atoms with E-state index >= 15 is 0 Å². The molecule has 0 aliphatic heterocycles. The van der Waals surface area contributed by atoms with E-state index in [0.29, 0.717) is 27.1 Å². The van der Waals surface area contributed by atoms with Crippen molar-refractivity contribution < 1.29 is 14.6 Å². The Morgan fingerprint density at radius 3 is 2.70 bits per heavy atom. The number of aromatic carboxylic acids is 1. The Morgan fingerprint density at radius 2 is 2.10 bits per heavy atom. The van der Waals surface area contributed by atoms with Crippen LogP contribution in [0.25, 0.3) is 0 Å². The van der Waals surface area contributed by atoms with Crippen LogP contribution in [0.4, 0.5) is 0 Å². The summed E-state index contributed by atoms with van der Waals surface area (Å²) in [4.78, 5) is 11.1. The number of hydrogen-bond donors (Lipinski definition) is 1. The molecule has 0 aromatic heterocycles. The Kier molecular flexibility index (Phi) is 4.06. The molecule has 0 amide bonds. The number of carboxylic acid groups (broad SMARTS) is 1. The lowest BCUT2D eigenvalue weighted by molar-refractivity contribution is 0.0695. The average Bonchev–Trinajstić information content (AvgIpc) is 2.41. The van der Waals surface area contributed by atoms with Crippen LogP contribution in [-0.4, -0.2) is 11.1 Å². The van der Waals surface area contributed by atoms with Crippen molar-refractivity contribution in [3.05, 3.63) is 57.6 Å². The van der Waals surface area contributed by atoms with Gasteiger partial charge in [-0.2, -0.15) is 5.26 Å². The van der Waals surface area contributed by atoms with Crippen LogP contribution in [0.3, 0.4) is 0 Å². The molecule has 0 bridgehead atoms. The van der Waals surface area contributed by atoms with Gasteiger partial charge in [0.2, 0.25) is 0 Å². The van der Waals surface area contributed by atoms with Gasteiger partial charge in [0.05, 0.1) is 11.1 Å². The summed E-state index contributed by atoms with van der Waals surface area (Å²) >= 11 is 3.28. The Labute approximate surface area is 124 Å². The second-order valence-electron chi connectivity index (χ2n) is 4.09. The fourth-order valence-electron chi connectivity index (χ4n) is 1.73. The van der Waals surface area contributed by atoms with Crippen LogP contribution in [0, 0.1) is 18.3 Å². The van der Waals surface area contributed by atoms with E-state index in [0.717, 1.165) is 0 Å². The molecule has 0 aliphatic carbocycles. The lowest BCUT2D eigenvalue weighted by Gasteiger charge is -2.11. The van der Waals surface area contributed by atoms with Gasteiger partial charge >= 0.3 is 5.97 Å². The summed E-state index contributed by atoms with van der Waals surface area (Å²) in [6, 6.07) is 11.9. The van der Waals surface area contributed by atoms with E-state index in [2.05, 4.69) is 15.9 Å². The van der Waals surface area contributed by atoms with Crippen LogP contribution < -0.4 is 4.74 Å². The third kappa shape index (κ3) is 2.81. The minimum Gasteiger partial charge on any atom is -0.478 e. The predicted octanol–water partition coefficient (Wildman–Crippen LogP) is 4.12. The summed E-state index contributed by atoms with van der Waals surface area (Å²) in [6.45, 7) is 1.69. The van der Waals surface area contributed by atoms with Crippen molar-refractivity contribution in [3.63, 3.8) is 0 Å². The highest BCUT2D eigenvalue weighted by atomic mass is 79.9. The number of halogens is 1. The normalized spacial score (nSPS) is 9.85. The Hall–Kier alpha value is -2.32. The zero-order chi connectivity index (χ0) is 14.7. The van der Waals surface area contributed by atoms with Gasteiger partial charge in [0, 0.05) is 10.0 Å². The summed E-state index contributed by atoms with van der Waals surface area (Å²) in [5.74, 6) is 0.0111. The molecule has 5 heteroatoms. The monoisotopic (exact) mass is 331 g/mol. The van der Waals surface area contributed by atoms with Crippen LogP contribution in [-0.2, 0) is 0 Å². The van der Waals surface area contributed by atoms with Gasteiger partial charge in [0.1, 0.15) is 17.6 Å². The number of carboxylic acids is 1. The van der Waals surface area contributed by atoms with Crippen molar-refractivity contribution in [3.8, 4) is 17.6 Å².